The Morgan fingerprint density at radius 3 is 2.92 bits per heavy atom. The minimum Gasteiger partial charge on any atom is -0.507 e. The van der Waals surface area contributed by atoms with E-state index in [1.807, 2.05) is 6.07 Å². The van der Waals surface area contributed by atoms with E-state index >= 15 is 0 Å². The fourth-order valence-electron chi connectivity index (χ4n) is 3.49. The van der Waals surface area contributed by atoms with Crippen LogP contribution in [0, 0.1) is 0 Å². The van der Waals surface area contributed by atoms with Gasteiger partial charge in [-0.1, -0.05) is 11.6 Å². The number of rotatable bonds is 3. The molecule has 1 aromatic carbocycles. The fraction of sp³-hybridized carbons (Fsp3) is 0.316. The van der Waals surface area contributed by atoms with Crippen LogP contribution in [0.25, 0.3) is 22.0 Å². The number of phenols is 1. The minimum absolute atomic E-state index is 0.0829. The van der Waals surface area contributed by atoms with Crippen LogP contribution in [0.5, 0.6) is 5.75 Å². The van der Waals surface area contributed by atoms with Crippen molar-refractivity contribution < 1.29 is 5.11 Å². The number of piperidine rings is 1. The molecule has 7 heteroatoms. The van der Waals surface area contributed by atoms with E-state index in [0.29, 0.717) is 22.3 Å². The van der Waals surface area contributed by atoms with Crippen molar-refractivity contribution in [2.75, 3.05) is 25.5 Å². The Labute approximate surface area is 156 Å². The van der Waals surface area contributed by atoms with Crippen molar-refractivity contribution in [2.45, 2.75) is 18.9 Å². The number of halogens is 1. The first-order valence-corrected chi connectivity index (χ1v) is 9.04. The summed E-state index contributed by atoms with van der Waals surface area (Å²) in [5.41, 5.74) is 1.21. The summed E-state index contributed by atoms with van der Waals surface area (Å²) in [4.78, 5) is 6.57. The van der Waals surface area contributed by atoms with E-state index in [1.165, 1.54) is 6.07 Å². The number of aromatic nitrogens is 3. The Bertz CT molecular complexity index is 948. The van der Waals surface area contributed by atoms with Gasteiger partial charge < -0.3 is 15.3 Å². The molecule has 0 amide bonds. The number of nitrogens with one attached hydrogen (secondary N) is 1. The Hall–Kier alpha value is -2.44. The standard InChI is InChI=1S/C19H20ClN5O/c1-25-8-2-3-13(11-25)22-19-16-10-21-7-6-14(16)18(23-24-19)15-5-4-12(20)9-17(15)26/h4-7,9-10,13,26H,2-3,8,11H2,1H3,(H,22,24). The summed E-state index contributed by atoms with van der Waals surface area (Å²) in [6.45, 7) is 2.10. The predicted octanol–water partition coefficient (Wildman–Crippen LogP) is 3.56. The monoisotopic (exact) mass is 369 g/mol. The Balaban J connectivity index is 1.76. The highest BCUT2D eigenvalue weighted by Gasteiger charge is 2.20. The number of benzene rings is 1. The van der Waals surface area contributed by atoms with Crippen molar-refractivity contribution >= 4 is 28.2 Å². The summed E-state index contributed by atoms with van der Waals surface area (Å²) in [6.07, 6.45) is 5.77. The molecule has 1 aliphatic heterocycles. The molecule has 1 fully saturated rings. The van der Waals surface area contributed by atoms with Crippen molar-refractivity contribution in [1.82, 2.24) is 20.1 Å². The fourth-order valence-corrected chi connectivity index (χ4v) is 3.65. The molecule has 3 heterocycles. The van der Waals surface area contributed by atoms with E-state index in [4.69, 9.17) is 11.6 Å². The van der Waals surface area contributed by atoms with E-state index in [-0.39, 0.29) is 5.75 Å². The molecule has 6 nitrogen and oxygen atoms in total. The summed E-state index contributed by atoms with van der Waals surface area (Å²) in [5, 5.41) is 24.8. The number of pyridine rings is 1. The van der Waals surface area contributed by atoms with Crippen molar-refractivity contribution in [2.24, 2.45) is 0 Å². The molecule has 2 N–H and O–H groups in total. The second-order valence-corrected chi connectivity index (χ2v) is 7.16. The van der Waals surface area contributed by atoms with Gasteiger partial charge in [-0.2, -0.15) is 0 Å². The van der Waals surface area contributed by atoms with Crippen molar-refractivity contribution in [3.8, 4) is 17.0 Å². The summed E-state index contributed by atoms with van der Waals surface area (Å²) < 4.78 is 0. The molecule has 1 unspecified atom stereocenters. The van der Waals surface area contributed by atoms with Crippen LogP contribution in [0.1, 0.15) is 12.8 Å². The number of hydrogen-bond acceptors (Lipinski definition) is 6. The van der Waals surface area contributed by atoms with E-state index < -0.39 is 0 Å². The molecular formula is C19H20ClN5O. The molecule has 3 aromatic rings. The molecule has 26 heavy (non-hydrogen) atoms. The van der Waals surface area contributed by atoms with E-state index in [1.54, 1.807) is 24.5 Å². The van der Waals surface area contributed by atoms with Crippen molar-refractivity contribution in [3.05, 3.63) is 41.7 Å². The zero-order chi connectivity index (χ0) is 18.1. The van der Waals surface area contributed by atoms with Gasteiger partial charge in [0.05, 0.1) is 0 Å². The van der Waals surface area contributed by atoms with E-state index in [9.17, 15) is 5.11 Å². The molecule has 4 rings (SSSR count). The van der Waals surface area contributed by atoms with Crippen LogP contribution in [-0.4, -0.2) is 51.4 Å². The smallest absolute Gasteiger partial charge is 0.158 e. The van der Waals surface area contributed by atoms with Gasteiger partial charge >= 0.3 is 0 Å². The van der Waals surface area contributed by atoms with Crippen LogP contribution >= 0.6 is 11.6 Å². The van der Waals surface area contributed by atoms with Gasteiger partial charge in [0.25, 0.3) is 0 Å². The average Bonchev–Trinajstić information content (AvgIpc) is 2.63. The minimum atomic E-state index is 0.0829. The summed E-state index contributed by atoms with van der Waals surface area (Å²) >= 11 is 5.95. The van der Waals surface area contributed by atoms with Gasteiger partial charge in [0.15, 0.2) is 5.82 Å². The van der Waals surface area contributed by atoms with Gasteiger partial charge in [-0.15, -0.1) is 10.2 Å². The second kappa shape index (κ2) is 7.05. The molecule has 1 atom stereocenters. The molecule has 0 spiro atoms. The first kappa shape index (κ1) is 17.0. The van der Waals surface area contributed by atoms with Gasteiger partial charge in [0.2, 0.25) is 0 Å². The third-order valence-corrected chi connectivity index (χ3v) is 5.00. The number of fused-ring (bicyclic) bond motifs is 1. The summed E-state index contributed by atoms with van der Waals surface area (Å²) in [7, 11) is 2.13. The van der Waals surface area contributed by atoms with Crippen LogP contribution in [-0.2, 0) is 0 Å². The molecule has 0 bridgehead atoms. The third-order valence-electron chi connectivity index (χ3n) is 4.76. The summed E-state index contributed by atoms with van der Waals surface area (Å²) in [6, 6.07) is 7.22. The topological polar surface area (TPSA) is 74.2 Å². The van der Waals surface area contributed by atoms with Gasteiger partial charge in [-0.25, -0.2) is 0 Å². The lowest BCUT2D eigenvalue weighted by Crippen LogP contribution is -2.40. The van der Waals surface area contributed by atoms with Crippen molar-refractivity contribution in [1.29, 1.82) is 0 Å². The quantitative estimate of drug-likeness (QED) is 0.735. The number of likely N-dealkylation sites (N-methyl/N-ethyl adjacent to an activating group) is 1. The summed E-state index contributed by atoms with van der Waals surface area (Å²) in [5.74, 6) is 0.810. The lowest BCUT2D eigenvalue weighted by atomic mass is 10.0. The molecule has 0 radical (unpaired) electrons. The number of likely N-dealkylation sites (tertiary alicyclic amines) is 1. The average molecular weight is 370 g/mol. The zero-order valence-corrected chi connectivity index (χ0v) is 15.2. The van der Waals surface area contributed by atoms with E-state index in [2.05, 4.69) is 32.4 Å². The predicted molar refractivity (Wildman–Crippen MR) is 104 cm³/mol. The molecule has 1 aliphatic rings. The lowest BCUT2D eigenvalue weighted by Gasteiger charge is -2.30. The van der Waals surface area contributed by atoms with Crippen LogP contribution in [0.3, 0.4) is 0 Å². The highest BCUT2D eigenvalue weighted by atomic mass is 35.5. The van der Waals surface area contributed by atoms with Crippen LogP contribution in [0.2, 0.25) is 5.02 Å². The largest absolute Gasteiger partial charge is 0.507 e. The SMILES string of the molecule is CN1CCCC(Nc2nnc(-c3ccc(Cl)cc3O)c3ccncc23)C1. The first-order chi connectivity index (χ1) is 12.6. The molecule has 0 saturated carbocycles. The molecule has 134 valence electrons. The number of aromatic hydroxyl groups is 1. The number of hydrogen-bond donors (Lipinski definition) is 2. The van der Waals surface area contributed by atoms with E-state index in [0.717, 1.165) is 42.5 Å². The van der Waals surface area contributed by atoms with Crippen molar-refractivity contribution in [3.63, 3.8) is 0 Å². The molecule has 1 saturated heterocycles. The maximum atomic E-state index is 10.3. The number of nitrogens with zero attached hydrogens (tertiary/aromatic N) is 4. The molecular weight excluding hydrogens is 350 g/mol. The maximum absolute atomic E-state index is 10.3. The van der Waals surface area contributed by atoms with Crippen LogP contribution < -0.4 is 5.32 Å². The molecule has 0 aliphatic carbocycles. The lowest BCUT2D eigenvalue weighted by molar-refractivity contribution is 0.261. The van der Waals surface area contributed by atoms with Crippen LogP contribution in [0.15, 0.2) is 36.7 Å². The second-order valence-electron chi connectivity index (χ2n) is 6.73. The van der Waals surface area contributed by atoms with Gasteiger partial charge in [-0.05, 0) is 50.7 Å². The Kier molecular flexibility index (Phi) is 4.61. The Morgan fingerprint density at radius 1 is 1.23 bits per heavy atom. The highest BCUT2D eigenvalue weighted by Crippen LogP contribution is 2.35. The first-order valence-electron chi connectivity index (χ1n) is 8.66. The third kappa shape index (κ3) is 3.30. The normalized spacial score (nSPS) is 18.2. The zero-order valence-electron chi connectivity index (χ0n) is 14.5. The number of phenolic OH excluding ortho intramolecular Hbond substituents is 1. The van der Waals surface area contributed by atoms with Crippen LogP contribution in [0.4, 0.5) is 5.82 Å². The van der Waals surface area contributed by atoms with Gasteiger partial charge in [-0.3, -0.25) is 4.98 Å². The highest BCUT2D eigenvalue weighted by molar-refractivity contribution is 6.30. The maximum Gasteiger partial charge on any atom is 0.158 e. The number of anilines is 1. The van der Waals surface area contributed by atoms with Gasteiger partial charge in [0.1, 0.15) is 11.4 Å². The molecule has 2 aromatic heterocycles. The van der Waals surface area contributed by atoms with Gasteiger partial charge in [0, 0.05) is 46.3 Å². The Morgan fingerprint density at radius 2 is 2.12 bits per heavy atom.